The maximum atomic E-state index is 6.26. The summed E-state index contributed by atoms with van der Waals surface area (Å²) in [6, 6.07) is 0.796. The minimum atomic E-state index is 0.287. The van der Waals surface area contributed by atoms with E-state index in [9.17, 15) is 0 Å². The standard InChI is InChI=1S/C13H23N5S/c1-9-6-7-11(14)12(8-9)19-13-15-16-17-18(13)10-4-2-3-5-10/h9-12H,2-8,14H2,1H3. The molecule has 1 aromatic heterocycles. The summed E-state index contributed by atoms with van der Waals surface area (Å²) in [5.74, 6) is 0.771. The molecule has 6 heteroatoms. The maximum absolute atomic E-state index is 6.26. The lowest BCUT2D eigenvalue weighted by atomic mass is 9.87. The fraction of sp³-hybridized carbons (Fsp3) is 0.923. The van der Waals surface area contributed by atoms with Crippen LogP contribution in [0.1, 0.15) is 57.9 Å². The van der Waals surface area contributed by atoms with Crippen LogP contribution in [0.3, 0.4) is 0 Å². The van der Waals surface area contributed by atoms with Crippen LogP contribution in [0.15, 0.2) is 5.16 Å². The Morgan fingerprint density at radius 2 is 2.00 bits per heavy atom. The van der Waals surface area contributed by atoms with E-state index in [4.69, 9.17) is 5.73 Å². The van der Waals surface area contributed by atoms with Gasteiger partial charge in [0.05, 0.1) is 6.04 Å². The molecule has 0 aliphatic heterocycles. The normalized spacial score (nSPS) is 32.8. The van der Waals surface area contributed by atoms with Gasteiger partial charge in [0.2, 0.25) is 5.16 Å². The molecule has 3 rings (SSSR count). The van der Waals surface area contributed by atoms with Crippen molar-refractivity contribution >= 4 is 11.8 Å². The van der Waals surface area contributed by atoms with E-state index >= 15 is 0 Å². The van der Waals surface area contributed by atoms with Crippen LogP contribution in [0.5, 0.6) is 0 Å². The van der Waals surface area contributed by atoms with Crippen molar-refractivity contribution in [2.75, 3.05) is 0 Å². The number of tetrazole rings is 1. The van der Waals surface area contributed by atoms with Gasteiger partial charge in [-0.15, -0.1) is 5.10 Å². The van der Waals surface area contributed by atoms with E-state index in [1.807, 2.05) is 4.68 Å². The third-order valence-corrected chi connectivity index (χ3v) is 5.82. The predicted molar refractivity (Wildman–Crippen MR) is 76.0 cm³/mol. The van der Waals surface area contributed by atoms with Crippen molar-refractivity contribution in [1.82, 2.24) is 20.2 Å². The minimum absolute atomic E-state index is 0.287. The molecular weight excluding hydrogens is 258 g/mol. The second-order valence-electron chi connectivity index (χ2n) is 6.08. The van der Waals surface area contributed by atoms with Crippen LogP contribution < -0.4 is 5.73 Å². The minimum Gasteiger partial charge on any atom is -0.327 e. The molecule has 3 unspecified atom stereocenters. The van der Waals surface area contributed by atoms with E-state index < -0.39 is 0 Å². The molecule has 3 atom stereocenters. The molecule has 1 heterocycles. The molecule has 0 radical (unpaired) electrons. The van der Waals surface area contributed by atoms with Crippen molar-refractivity contribution < 1.29 is 0 Å². The molecule has 0 spiro atoms. The Hall–Kier alpha value is -0.620. The number of nitrogens with two attached hydrogens (primary N) is 1. The van der Waals surface area contributed by atoms with Crippen LogP contribution >= 0.6 is 11.8 Å². The molecule has 0 saturated heterocycles. The Bertz CT molecular complexity index is 415. The smallest absolute Gasteiger partial charge is 0.209 e. The number of thioether (sulfide) groups is 1. The van der Waals surface area contributed by atoms with Gasteiger partial charge in [0.1, 0.15) is 0 Å². The SMILES string of the molecule is CC1CCC(N)C(Sc2nnnn2C2CCCC2)C1. The maximum Gasteiger partial charge on any atom is 0.209 e. The second-order valence-corrected chi connectivity index (χ2v) is 7.29. The van der Waals surface area contributed by atoms with E-state index in [0.717, 1.165) is 17.5 Å². The van der Waals surface area contributed by atoms with Crippen LogP contribution in [-0.4, -0.2) is 31.5 Å². The molecule has 2 fully saturated rings. The Morgan fingerprint density at radius 1 is 1.21 bits per heavy atom. The van der Waals surface area contributed by atoms with Gasteiger partial charge in [-0.1, -0.05) is 31.5 Å². The Kier molecular flexibility index (Phi) is 4.07. The van der Waals surface area contributed by atoms with Gasteiger partial charge in [0.15, 0.2) is 0 Å². The number of hydrogen-bond acceptors (Lipinski definition) is 5. The van der Waals surface area contributed by atoms with Crippen LogP contribution in [0.25, 0.3) is 0 Å². The Labute approximate surface area is 118 Å². The second kappa shape index (κ2) is 5.79. The first-order valence-electron chi connectivity index (χ1n) is 7.44. The molecule has 0 aromatic carbocycles. The number of hydrogen-bond donors (Lipinski definition) is 1. The molecular formula is C13H23N5S. The first-order valence-corrected chi connectivity index (χ1v) is 8.32. The molecule has 2 aliphatic rings. The van der Waals surface area contributed by atoms with Crippen molar-refractivity contribution in [2.24, 2.45) is 11.7 Å². The average Bonchev–Trinajstić information content (AvgIpc) is 3.03. The van der Waals surface area contributed by atoms with Crippen molar-refractivity contribution in [3.63, 3.8) is 0 Å². The van der Waals surface area contributed by atoms with E-state index in [1.165, 1.54) is 38.5 Å². The van der Waals surface area contributed by atoms with E-state index in [2.05, 4.69) is 22.4 Å². The fourth-order valence-electron chi connectivity index (χ4n) is 3.26. The summed E-state index contributed by atoms with van der Waals surface area (Å²) in [5.41, 5.74) is 6.26. The highest BCUT2D eigenvalue weighted by Gasteiger charge is 2.30. The molecule has 19 heavy (non-hydrogen) atoms. The Balaban J connectivity index is 1.70. The van der Waals surface area contributed by atoms with Gasteiger partial charge in [-0.3, -0.25) is 0 Å². The summed E-state index contributed by atoms with van der Waals surface area (Å²) in [6.07, 6.45) is 8.60. The van der Waals surface area contributed by atoms with Gasteiger partial charge in [0.25, 0.3) is 0 Å². The van der Waals surface area contributed by atoms with Gasteiger partial charge in [-0.25, -0.2) is 4.68 Å². The summed E-state index contributed by atoms with van der Waals surface area (Å²) in [4.78, 5) is 0. The topological polar surface area (TPSA) is 69.6 Å². The van der Waals surface area contributed by atoms with Gasteiger partial charge in [-0.05, 0) is 48.4 Å². The zero-order valence-corrected chi connectivity index (χ0v) is 12.4. The first-order chi connectivity index (χ1) is 9.24. The van der Waals surface area contributed by atoms with Gasteiger partial charge < -0.3 is 5.73 Å². The van der Waals surface area contributed by atoms with Gasteiger partial charge in [0, 0.05) is 11.3 Å². The number of rotatable bonds is 3. The predicted octanol–water partition coefficient (Wildman–Crippen LogP) is 2.40. The molecule has 1 aromatic rings. The zero-order chi connectivity index (χ0) is 13.2. The third kappa shape index (κ3) is 2.94. The van der Waals surface area contributed by atoms with Crippen LogP contribution in [-0.2, 0) is 0 Å². The summed E-state index contributed by atoms with van der Waals surface area (Å²) in [6.45, 7) is 2.32. The van der Waals surface area contributed by atoms with Crippen molar-refractivity contribution in [1.29, 1.82) is 0 Å². The zero-order valence-electron chi connectivity index (χ0n) is 11.5. The van der Waals surface area contributed by atoms with Crippen LogP contribution in [0, 0.1) is 5.92 Å². The number of aromatic nitrogens is 4. The first kappa shape index (κ1) is 13.4. The fourth-order valence-corrected chi connectivity index (χ4v) is 4.65. The van der Waals surface area contributed by atoms with Crippen LogP contribution in [0.4, 0.5) is 0 Å². The summed E-state index contributed by atoms with van der Waals surface area (Å²) in [7, 11) is 0. The van der Waals surface area contributed by atoms with E-state index in [1.54, 1.807) is 11.8 Å². The summed E-state index contributed by atoms with van der Waals surface area (Å²) < 4.78 is 2.05. The highest BCUT2D eigenvalue weighted by Crippen LogP contribution is 2.37. The molecule has 2 aliphatic carbocycles. The average molecular weight is 281 g/mol. The molecule has 106 valence electrons. The van der Waals surface area contributed by atoms with E-state index in [-0.39, 0.29) is 6.04 Å². The number of nitrogens with zero attached hydrogens (tertiary/aromatic N) is 4. The molecule has 2 saturated carbocycles. The molecule has 2 N–H and O–H groups in total. The molecule has 0 amide bonds. The lowest BCUT2D eigenvalue weighted by Gasteiger charge is -2.31. The third-order valence-electron chi connectivity index (χ3n) is 4.49. The van der Waals surface area contributed by atoms with Crippen LogP contribution in [0.2, 0.25) is 0 Å². The quantitative estimate of drug-likeness (QED) is 0.921. The molecule has 5 nitrogen and oxygen atoms in total. The molecule has 0 bridgehead atoms. The van der Waals surface area contributed by atoms with Crippen molar-refractivity contribution in [2.45, 2.75) is 74.4 Å². The highest BCUT2D eigenvalue weighted by molar-refractivity contribution is 7.99. The monoisotopic (exact) mass is 281 g/mol. The highest BCUT2D eigenvalue weighted by atomic mass is 32.2. The van der Waals surface area contributed by atoms with Gasteiger partial charge in [-0.2, -0.15) is 0 Å². The summed E-state index contributed by atoms with van der Waals surface area (Å²) in [5, 5.41) is 13.7. The summed E-state index contributed by atoms with van der Waals surface area (Å²) >= 11 is 1.80. The van der Waals surface area contributed by atoms with Crippen molar-refractivity contribution in [3.05, 3.63) is 0 Å². The Morgan fingerprint density at radius 3 is 2.79 bits per heavy atom. The lowest BCUT2D eigenvalue weighted by molar-refractivity contribution is 0.355. The lowest BCUT2D eigenvalue weighted by Crippen LogP contribution is -2.38. The van der Waals surface area contributed by atoms with E-state index in [0.29, 0.717) is 11.3 Å². The van der Waals surface area contributed by atoms with Crippen molar-refractivity contribution in [3.8, 4) is 0 Å². The largest absolute Gasteiger partial charge is 0.327 e. The van der Waals surface area contributed by atoms with Gasteiger partial charge >= 0.3 is 0 Å².